The Morgan fingerprint density at radius 2 is 1.75 bits per heavy atom. The molecule has 36 heavy (non-hydrogen) atoms. The summed E-state index contributed by atoms with van der Waals surface area (Å²) in [4.78, 5) is 39.8. The molecule has 0 amide bonds. The van der Waals surface area contributed by atoms with Crippen LogP contribution in [0.1, 0.15) is 71.2 Å². The molecule has 0 bridgehead atoms. The second kappa shape index (κ2) is 9.53. The fourth-order valence-corrected chi connectivity index (χ4v) is 6.55. The summed E-state index contributed by atoms with van der Waals surface area (Å²) in [5.74, 6) is -0.789. The van der Waals surface area contributed by atoms with E-state index in [-0.39, 0.29) is 23.5 Å². The van der Waals surface area contributed by atoms with Crippen LogP contribution in [0.3, 0.4) is 0 Å². The van der Waals surface area contributed by atoms with Gasteiger partial charge in [-0.05, 0) is 67.6 Å². The maximum atomic E-state index is 14.1. The molecule has 0 aromatic heterocycles. The van der Waals surface area contributed by atoms with Gasteiger partial charge in [-0.3, -0.25) is 9.59 Å². The van der Waals surface area contributed by atoms with Gasteiger partial charge in [0.15, 0.2) is 5.60 Å². The van der Waals surface area contributed by atoms with Crippen molar-refractivity contribution in [2.75, 3.05) is 7.11 Å². The Kier molecular flexibility index (Phi) is 6.93. The fraction of sp³-hybridized carbons (Fsp3) is 0.567. The number of methoxy groups -OCH3 is 1. The zero-order valence-corrected chi connectivity index (χ0v) is 22.4. The molecule has 1 aromatic carbocycles. The van der Waals surface area contributed by atoms with Gasteiger partial charge >= 0.3 is 11.9 Å². The Labute approximate surface area is 214 Å². The molecule has 0 spiro atoms. The number of benzene rings is 1. The normalized spacial score (nSPS) is 36.1. The molecule has 2 saturated carbocycles. The molecule has 0 heterocycles. The third kappa shape index (κ3) is 4.51. The third-order valence-electron chi connectivity index (χ3n) is 8.60. The van der Waals surface area contributed by atoms with E-state index in [1.807, 2.05) is 26.8 Å². The quantitative estimate of drug-likeness (QED) is 0.394. The predicted molar refractivity (Wildman–Crippen MR) is 136 cm³/mol. The summed E-state index contributed by atoms with van der Waals surface area (Å²) in [6.45, 7) is 11.6. The summed E-state index contributed by atoms with van der Waals surface area (Å²) < 4.78 is 17.4. The van der Waals surface area contributed by atoms with Gasteiger partial charge in [0, 0.05) is 13.3 Å². The van der Waals surface area contributed by atoms with Gasteiger partial charge in [0.2, 0.25) is 5.78 Å². The van der Waals surface area contributed by atoms with Crippen molar-refractivity contribution in [1.82, 2.24) is 0 Å². The molecule has 0 unspecified atom stereocenters. The van der Waals surface area contributed by atoms with Crippen molar-refractivity contribution in [3.63, 3.8) is 0 Å². The van der Waals surface area contributed by atoms with Crippen molar-refractivity contribution in [3.8, 4) is 5.75 Å². The highest BCUT2D eigenvalue weighted by Gasteiger charge is 2.61. The fourth-order valence-electron chi connectivity index (χ4n) is 6.55. The first-order valence-corrected chi connectivity index (χ1v) is 12.9. The number of rotatable bonds is 4. The second-order valence-electron chi connectivity index (χ2n) is 11.4. The molecule has 0 saturated heterocycles. The average Bonchev–Trinajstić information content (AvgIpc) is 3.24. The van der Waals surface area contributed by atoms with E-state index >= 15 is 0 Å². The minimum absolute atomic E-state index is 0.144. The van der Waals surface area contributed by atoms with Crippen molar-refractivity contribution in [1.29, 1.82) is 0 Å². The van der Waals surface area contributed by atoms with Crippen molar-refractivity contribution < 1.29 is 28.6 Å². The van der Waals surface area contributed by atoms with Crippen LogP contribution in [0.2, 0.25) is 0 Å². The zero-order chi connectivity index (χ0) is 26.4. The van der Waals surface area contributed by atoms with Crippen LogP contribution in [0, 0.1) is 29.1 Å². The lowest BCUT2D eigenvalue weighted by Gasteiger charge is -2.34. The number of Topliss-reactive ketones (excluding diaryl/α,β-unsaturated/α-hetero) is 1. The second-order valence-corrected chi connectivity index (χ2v) is 11.4. The Balaban J connectivity index is 1.77. The molecule has 1 aromatic rings. The van der Waals surface area contributed by atoms with E-state index < -0.39 is 29.6 Å². The van der Waals surface area contributed by atoms with Crippen molar-refractivity contribution >= 4 is 17.7 Å². The number of allylic oxidation sites excluding steroid dienone is 2. The van der Waals surface area contributed by atoms with E-state index in [0.717, 1.165) is 18.4 Å². The van der Waals surface area contributed by atoms with Crippen LogP contribution in [-0.2, 0) is 19.1 Å². The number of hydrogen-bond donors (Lipinski definition) is 0. The van der Waals surface area contributed by atoms with Gasteiger partial charge in [-0.1, -0.05) is 50.6 Å². The van der Waals surface area contributed by atoms with Gasteiger partial charge in [0.05, 0.1) is 13.0 Å². The monoisotopic (exact) mass is 494 g/mol. The first kappa shape index (κ1) is 26.2. The van der Waals surface area contributed by atoms with E-state index in [1.54, 1.807) is 24.3 Å². The minimum Gasteiger partial charge on any atom is -0.496 e. The molecule has 6 nitrogen and oxygen atoms in total. The van der Waals surface area contributed by atoms with Crippen LogP contribution in [-0.4, -0.2) is 36.5 Å². The Morgan fingerprint density at radius 1 is 1.06 bits per heavy atom. The van der Waals surface area contributed by atoms with Crippen molar-refractivity contribution in [2.45, 2.75) is 72.5 Å². The number of ether oxygens (including phenoxy) is 3. The largest absolute Gasteiger partial charge is 0.496 e. The molecule has 0 aliphatic heterocycles. The first-order chi connectivity index (χ1) is 16.9. The van der Waals surface area contributed by atoms with Crippen LogP contribution in [0.5, 0.6) is 5.75 Å². The van der Waals surface area contributed by atoms with E-state index in [4.69, 9.17) is 14.2 Å². The number of esters is 2. The molecular weight excluding hydrogens is 456 g/mol. The average molecular weight is 495 g/mol. The third-order valence-corrected chi connectivity index (χ3v) is 8.60. The van der Waals surface area contributed by atoms with Crippen LogP contribution in [0.25, 0.3) is 0 Å². The van der Waals surface area contributed by atoms with Gasteiger partial charge in [0.1, 0.15) is 17.4 Å². The molecule has 3 aliphatic carbocycles. The molecule has 6 atom stereocenters. The number of hydrogen-bond acceptors (Lipinski definition) is 6. The molecule has 0 N–H and O–H groups in total. The number of fused-ring (bicyclic) bond motifs is 2. The van der Waals surface area contributed by atoms with E-state index in [2.05, 4.69) is 19.9 Å². The number of carbonyl (C=O) groups excluding carboxylic acids is 3. The summed E-state index contributed by atoms with van der Waals surface area (Å²) in [5, 5.41) is 0. The lowest BCUT2D eigenvalue weighted by atomic mass is 9.81. The minimum atomic E-state index is -1.42. The van der Waals surface area contributed by atoms with Crippen molar-refractivity contribution in [3.05, 3.63) is 53.1 Å². The lowest BCUT2D eigenvalue weighted by Crippen LogP contribution is -2.48. The highest BCUT2D eigenvalue weighted by Crippen LogP contribution is 2.62. The molecule has 194 valence electrons. The molecular formula is C30H38O6. The van der Waals surface area contributed by atoms with Crippen LogP contribution < -0.4 is 4.74 Å². The lowest BCUT2D eigenvalue weighted by molar-refractivity contribution is -0.168. The summed E-state index contributed by atoms with van der Waals surface area (Å²) in [7, 11) is 1.51. The number of para-hydroxylation sites is 1. The van der Waals surface area contributed by atoms with Crippen LogP contribution in [0.15, 0.2) is 47.6 Å². The standard InChI is InChI=1S/C30H38O6/c1-17-12-13-22-23(29(22,5)6)15-18(2)27(32)30(36-20(4)31)16-19(3)26(24(30)14-17)35-28(33)21-10-8-9-11-25(21)34-7/h8-11,14-15,19,22-24,26H,12-13,16H2,1-7H3/b17-14-,18-15+/t19-,22-,23+,24-,26-,30+/m0/s1. The van der Waals surface area contributed by atoms with E-state index in [0.29, 0.717) is 28.7 Å². The zero-order valence-electron chi connectivity index (χ0n) is 22.4. The van der Waals surface area contributed by atoms with E-state index in [1.165, 1.54) is 14.0 Å². The maximum Gasteiger partial charge on any atom is 0.342 e. The maximum absolute atomic E-state index is 14.1. The SMILES string of the molecule is COc1ccccc1C(=O)O[C@H]1[C@@H](C)C[C@]2(OC(C)=O)C(=O)/C(C)=C/[C@@H]3[C@H](CC/C(C)=C\[C@@H]12)C3(C)C. The van der Waals surface area contributed by atoms with Gasteiger partial charge in [-0.15, -0.1) is 0 Å². The predicted octanol–water partition coefficient (Wildman–Crippen LogP) is 5.71. The Hall–Kier alpha value is -2.89. The molecule has 6 heteroatoms. The van der Waals surface area contributed by atoms with Crippen LogP contribution in [0.4, 0.5) is 0 Å². The van der Waals surface area contributed by atoms with Gasteiger partial charge in [-0.25, -0.2) is 4.79 Å². The van der Waals surface area contributed by atoms with Gasteiger partial charge in [0.25, 0.3) is 0 Å². The van der Waals surface area contributed by atoms with Crippen molar-refractivity contribution in [2.24, 2.45) is 29.1 Å². The molecule has 2 fully saturated rings. The Bertz CT molecular complexity index is 1130. The Morgan fingerprint density at radius 3 is 2.42 bits per heavy atom. The highest BCUT2D eigenvalue weighted by molar-refractivity contribution is 6.03. The number of ketones is 1. The van der Waals surface area contributed by atoms with Crippen LogP contribution >= 0.6 is 0 Å². The number of carbonyl (C=O) groups is 3. The van der Waals surface area contributed by atoms with Gasteiger partial charge < -0.3 is 14.2 Å². The first-order valence-electron chi connectivity index (χ1n) is 12.9. The highest BCUT2D eigenvalue weighted by atomic mass is 16.6. The summed E-state index contributed by atoms with van der Waals surface area (Å²) in [6.07, 6.45) is 5.64. The summed E-state index contributed by atoms with van der Waals surface area (Å²) in [5.41, 5.74) is 0.762. The smallest absolute Gasteiger partial charge is 0.342 e. The molecule has 0 radical (unpaired) electrons. The molecule has 4 rings (SSSR count). The van der Waals surface area contributed by atoms with Gasteiger partial charge in [-0.2, -0.15) is 0 Å². The summed E-state index contributed by atoms with van der Waals surface area (Å²) in [6, 6.07) is 6.90. The van der Waals surface area contributed by atoms with E-state index in [9.17, 15) is 14.4 Å². The summed E-state index contributed by atoms with van der Waals surface area (Å²) >= 11 is 0. The molecule has 3 aliphatic rings. The topological polar surface area (TPSA) is 78.9 Å².